The summed E-state index contributed by atoms with van der Waals surface area (Å²) in [7, 11) is 0. The number of aryl methyl sites for hydroxylation is 1. The molecule has 1 saturated carbocycles. The summed E-state index contributed by atoms with van der Waals surface area (Å²) in [5.41, 5.74) is 6.68. The van der Waals surface area contributed by atoms with Crippen molar-refractivity contribution in [3.8, 4) is 11.7 Å². The van der Waals surface area contributed by atoms with E-state index < -0.39 is 5.54 Å². The second-order valence-electron chi connectivity index (χ2n) is 5.53. The van der Waals surface area contributed by atoms with E-state index in [9.17, 15) is 0 Å². The Morgan fingerprint density at radius 1 is 1.37 bits per heavy atom. The largest absolute Gasteiger partial charge is 0.438 e. The van der Waals surface area contributed by atoms with Crippen LogP contribution in [0.4, 0.5) is 0 Å². The second kappa shape index (κ2) is 4.45. The van der Waals surface area contributed by atoms with Crippen LogP contribution in [-0.4, -0.2) is 15.1 Å². The van der Waals surface area contributed by atoms with Gasteiger partial charge < -0.3 is 14.7 Å². The molecule has 0 unspecified atom stereocenters. The van der Waals surface area contributed by atoms with Crippen molar-refractivity contribution in [2.75, 3.05) is 0 Å². The minimum absolute atomic E-state index is 0.355. The van der Waals surface area contributed by atoms with Gasteiger partial charge in [-0.1, -0.05) is 12.1 Å². The quantitative estimate of drug-likeness (QED) is 0.893. The predicted molar refractivity (Wildman–Crippen MR) is 68.0 cm³/mol. The van der Waals surface area contributed by atoms with Gasteiger partial charge in [-0.3, -0.25) is 0 Å². The van der Waals surface area contributed by atoms with Gasteiger partial charge in [-0.05, 0) is 38.5 Å². The molecular weight excluding hydrogens is 244 g/mol. The van der Waals surface area contributed by atoms with Crippen LogP contribution in [0.15, 0.2) is 15.3 Å². The highest BCUT2D eigenvalue weighted by atomic mass is 16.5. The summed E-state index contributed by atoms with van der Waals surface area (Å²) < 4.78 is 10.5. The molecule has 0 radical (unpaired) electrons. The lowest BCUT2D eigenvalue weighted by molar-refractivity contribution is 0.230. The summed E-state index contributed by atoms with van der Waals surface area (Å²) in [4.78, 5) is 8.41. The van der Waals surface area contributed by atoms with Crippen LogP contribution in [0.5, 0.6) is 0 Å². The standard InChI is InChI=1S/C13H18N4O2/c1-8-3-5-13(14,6-4-8)12-16-11(19-17-12)10-9(2)15-7-18-10/h7-8H,3-6,14H2,1-2H3. The Morgan fingerprint density at radius 3 is 2.74 bits per heavy atom. The third-order valence-electron chi connectivity index (χ3n) is 3.98. The monoisotopic (exact) mass is 262 g/mol. The molecule has 6 heteroatoms. The van der Waals surface area contributed by atoms with Gasteiger partial charge >= 0.3 is 0 Å². The van der Waals surface area contributed by atoms with E-state index in [0.717, 1.165) is 37.3 Å². The molecule has 0 aliphatic heterocycles. The number of nitrogens with zero attached hydrogens (tertiary/aromatic N) is 3. The fourth-order valence-corrected chi connectivity index (χ4v) is 2.53. The number of nitrogens with two attached hydrogens (primary N) is 1. The summed E-state index contributed by atoms with van der Waals surface area (Å²) >= 11 is 0. The molecule has 0 spiro atoms. The smallest absolute Gasteiger partial charge is 0.295 e. The minimum Gasteiger partial charge on any atom is -0.438 e. The number of rotatable bonds is 2. The van der Waals surface area contributed by atoms with Crippen molar-refractivity contribution in [1.29, 1.82) is 0 Å². The van der Waals surface area contributed by atoms with Crippen LogP contribution in [0.25, 0.3) is 11.7 Å². The Morgan fingerprint density at radius 2 is 2.11 bits per heavy atom. The topological polar surface area (TPSA) is 91.0 Å². The maximum absolute atomic E-state index is 6.42. The third-order valence-corrected chi connectivity index (χ3v) is 3.98. The fraction of sp³-hybridized carbons (Fsp3) is 0.615. The molecule has 2 heterocycles. The molecule has 102 valence electrons. The SMILES string of the molecule is Cc1ncoc1-c1nc(C2(N)CCC(C)CC2)no1. The molecule has 0 saturated heterocycles. The molecule has 1 fully saturated rings. The van der Waals surface area contributed by atoms with Gasteiger partial charge in [0.25, 0.3) is 5.89 Å². The molecular formula is C13H18N4O2. The predicted octanol–water partition coefficient (Wildman–Crippen LogP) is 2.40. The van der Waals surface area contributed by atoms with Crippen molar-refractivity contribution in [1.82, 2.24) is 15.1 Å². The highest BCUT2D eigenvalue weighted by molar-refractivity contribution is 5.46. The maximum Gasteiger partial charge on any atom is 0.295 e. The Balaban J connectivity index is 1.87. The first-order chi connectivity index (χ1) is 9.08. The average Bonchev–Trinajstić information content (AvgIpc) is 3.01. The Kier molecular flexibility index (Phi) is 2.89. The lowest BCUT2D eigenvalue weighted by Crippen LogP contribution is -2.41. The third kappa shape index (κ3) is 2.16. The summed E-state index contributed by atoms with van der Waals surface area (Å²) in [6.07, 6.45) is 5.35. The van der Waals surface area contributed by atoms with E-state index in [-0.39, 0.29) is 0 Å². The molecule has 0 aromatic carbocycles. The Hall–Kier alpha value is -1.69. The number of aromatic nitrogens is 3. The Bertz CT molecular complexity index is 567. The summed E-state index contributed by atoms with van der Waals surface area (Å²) in [5.74, 6) is 2.17. The van der Waals surface area contributed by atoms with Gasteiger partial charge in [0, 0.05) is 0 Å². The second-order valence-corrected chi connectivity index (χ2v) is 5.53. The van der Waals surface area contributed by atoms with Crippen LogP contribution in [-0.2, 0) is 5.54 Å². The molecule has 3 rings (SSSR count). The van der Waals surface area contributed by atoms with Crippen molar-refractivity contribution in [2.45, 2.75) is 45.1 Å². The van der Waals surface area contributed by atoms with Crippen LogP contribution in [0.2, 0.25) is 0 Å². The van der Waals surface area contributed by atoms with Gasteiger partial charge in [-0.2, -0.15) is 4.98 Å². The van der Waals surface area contributed by atoms with Crippen LogP contribution < -0.4 is 5.73 Å². The van der Waals surface area contributed by atoms with E-state index in [2.05, 4.69) is 22.0 Å². The highest BCUT2D eigenvalue weighted by Crippen LogP contribution is 2.36. The van der Waals surface area contributed by atoms with E-state index in [1.54, 1.807) is 0 Å². The summed E-state index contributed by atoms with van der Waals surface area (Å²) in [5, 5.41) is 4.03. The summed E-state index contributed by atoms with van der Waals surface area (Å²) in [6.45, 7) is 4.09. The van der Waals surface area contributed by atoms with Gasteiger partial charge in [0.15, 0.2) is 12.2 Å². The first-order valence-electron chi connectivity index (χ1n) is 6.62. The zero-order valence-corrected chi connectivity index (χ0v) is 11.2. The maximum atomic E-state index is 6.42. The van der Waals surface area contributed by atoms with E-state index >= 15 is 0 Å². The van der Waals surface area contributed by atoms with Crippen LogP contribution >= 0.6 is 0 Å². The van der Waals surface area contributed by atoms with Crippen LogP contribution in [0.3, 0.4) is 0 Å². The lowest BCUT2D eigenvalue weighted by Gasteiger charge is -2.33. The molecule has 0 bridgehead atoms. The molecule has 0 atom stereocenters. The number of hydrogen-bond donors (Lipinski definition) is 1. The lowest BCUT2D eigenvalue weighted by atomic mass is 9.77. The molecule has 0 amide bonds. The average molecular weight is 262 g/mol. The van der Waals surface area contributed by atoms with Crippen molar-refractivity contribution in [3.05, 3.63) is 17.9 Å². The van der Waals surface area contributed by atoms with Crippen molar-refractivity contribution >= 4 is 0 Å². The summed E-state index contributed by atoms with van der Waals surface area (Å²) in [6, 6.07) is 0. The van der Waals surface area contributed by atoms with Crippen LogP contribution in [0, 0.1) is 12.8 Å². The minimum atomic E-state index is -0.470. The van der Waals surface area contributed by atoms with E-state index in [0.29, 0.717) is 17.5 Å². The van der Waals surface area contributed by atoms with E-state index in [1.807, 2.05) is 6.92 Å². The van der Waals surface area contributed by atoms with Crippen molar-refractivity contribution in [2.24, 2.45) is 11.7 Å². The molecule has 2 N–H and O–H groups in total. The molecule has 1 aliphatic rings. The molecule has 2 aromatic heterocycles. The molecule has 1 aliphatic carbocycles. The van der Waals surface area contributed by atoms with Gasteiger partial charge in [-0.15, -0.1) is 0 Å². The van der Waals surface area contributed by atoms with Gasteiger partial charge in [0.1, 0.15) is 0 Å². The van der Waals surface area contributed by atoms with Crippen LogP contribution in [0.1, 0.15) is 44.1 Å². The number of hydrogen-bond acceptors (Lipinski definition) is 6. The Labute approximate surface area is 111 Å². The molecule has 6 nitrogen and oxygen atoms in total. The zero-order valence-electron chi connectivity index (χ0n) is 11.2. The highest BCUT2D eigenvalue weighted by Gasteiger charge is 2.36. The fourth-order valence-electron chi connectivity index (χ4n) is 2.53. The zero-order chi connectivity index (χ0) is 13.5. The van der Waals surface area contributed by atoms with Crippen molar-refractivity contribution in [3.63, 3.8) is 0 Å². The number of oxazole rings is 1. The van der Waals surface area contributed by atoms with Gasteiger partial charge in [0.05, 0.1) is 11.2 Å². The van der Waals surface area contributed by atoms with Gasteiger partial charge in [-0.25, -0.2) is 4.98 Å². The van der Waals surface area contributed by atoms with E-state index in [1.165, 1.54) is 6.39 Å². The van der Waals surface area contributed by atoms with Gasteiger partial charge in [0.2, 0.25) is 5.76 Å². The van der Waals surface area contributed by atoms with E-state index in [4.69, 9.17) is 14.7 Å². The molecule has 19 heavy (non-hydrogen) atoms. The first kappa shape index (κ1) is 12.3. The molecule has 2 aromatic rings. The normalized spacial score (nSPS) is 27.6. The van der Waals surface area contributed by atoms with Crippen molar-refractivity contribution < 1.29 is 8.94 Å². The first-order valence-corrected chi connectivity index (χ1v) is 6.62.